The van der Waals surface area contributed by atoms with Crippen LogP contribution in [0.1, 0.15) is 15.9 Å². The Balaban J connectivity index is 1.59. The van der Waals surface area contributed by atoms with Crippen LogP contribution in [0.4, 0.5) is 0 Å². The van der Waals surface area contributed by atoms with Gasteiger partial charge in [0.15, 0.2) is 5.78 Å². The van der Waals surface area contributed by atoms with E-state index in [1.807, 2.05) is 72.8 Å². The summed E-state index contributed by atoms with van der Waals surface area (Å²) < 4.78 is 0. The van der Waals surface area contributed by atoms with E-state index in [4.69, 9.17) is 0 Å². The predicted molar refractivity (Wildman–Crippen MR) is 96.7 cm³/mol. The van der Waals surface area contributed by atoms with E-state index < -0.39 is 0 Å². The standard InChI is InChI=1S/C21H15N3O/c25-21(17-9-5-2-6-10-17)18-11-13-19(14-12-18)24-22-15-20(23-24)16-7-3-1-4-8-16/h1-15H. The topological polar surface area (TPSA) is 47.8 Å². The minimum Gasteiger partial charge on any atom is -0.289 e. The number of hydrogen-bond donors (Lipinski definition) is 0. The monoisotopic (exact) mass is 325 g/mol. The fourth-order valence-electron chi connectivity index (χ4n) is 2.63. The second kappa shape index (κ2) is 6.53. The first-order valence-electron chi connectivity index (χ1n) is 7.99. The van der Waals surface area contributed by atoms with Gasteiger partial charge in [0.1, 0.15) is 5.69 Å². The summed E-state index contributed by atoms with van der Waals surface area (Å²) in [4.78, 5) is 14.0. The minimum absolute atomic E-state index is 0.00514. The summed E-state index contributed by atoms with van der Waals surface area (Å²) in [6.45, 7) is 0. The third-order valence-electron chi connectivity index (χ3n) is 3.96. The lowest BCUT2D eigenvalue weighted by Crippen LogP contribution is -2.03. The van der Waals surface area contributed by atoms with Crippen molar-refractivity contribution < 1.29 is 4.79 Å². The maximum Gasteiger partial charge on any atom is 0.193 e. The quantitative estimate of drug-likeness (QED) is 0.529. The molecule has 0 aliphatic heterocycles. The van der Waals surface area contributed by atoms with Gasteiger partial charge >= 0.3 is 0 Å². The van der Waals surface area contributed by atoms with Crippen LogP contribution in [-0.2, 0) is 0 Å². The van der Waals surface area contributed by atoms with Crippen LogP contribution in [0.3, 0.4) is 0 Å². The van der Waals surface area contributed by atoms with E-state index in [2.05, 4.69) is 10.2 Å². The number of hydrogen-bond acceptors (Lipinski definition) is 3. The Hall–Kier alpha value is -3.53. The van der Waals surface area contributed by atoms with Crippen LogP contribution in [-0.4, -0.2) is 20.8 Å². The van der Waals surface area contributed by atoms with Crippen LogP contribution >= 0.6 is 0 Å². The van der Waals surface area contributed by atoms with Crippen molar-refractivity contribution in [2.45, 2.75) is 0 Å². The Morgan fingerprint density at radius 1 is 0.720 bits per heavy atom. The largest absolute Gasteiger partial charge is 0.289 e. The molecule has 1 heterocycles. The van der Waals surface area contributed by atoms with Crippen LogP contribution in [0.5, 0.6) is 0 Å². The maximum absolute atomic E-state index is 12.4. The zero-order chi connectivity index (χ0) is 17.1. The average molecular weight is 325 g/mol. The van der Waals surface area contributed by atoms with Crippen molar-refractivity contribution in [3.8, 4) is 16.9 Å². The van der Waals surface area contributed by atoms with Gasteiger partial charge in [-0.2, -0.15) is 9.90 Å². The molecule has 3 aromatic carbocycles. The summed E-state index contributed by atoms with van der Waals surface area (Å²) in [6.07, 6.45) is 1.73. The molecule has 0 radical (unpaired) electrons. The molecule has 0 fully saturated rings. The van der Waals surface area contributed by atoms with Crippen LogP contribution in [0.25, 0.3) is 16.9 Å². The van der Waals surface area contributed by atoms with E-state index in [1.54, 1.807) is 23.1 Å². The molecule has 4 rings (SSSR count). The molecule has 4 aromatic rings. The summed E-state index contributed by atoms with van der Waals surface area (Å²) in [5.41, 5.74) is 3.96. The second-order valence-corrected chi connectivity index (χ2v) is 5.63. The molecule has 25 heavy (non-hydrogen) atoms. The second-order valence-electron chi connectivity index (χ2n) is 5.63. The number of rotatable bonds is 4. The average Bonchev–Trinajstić information content (AvgIpc) is 3.19. The first kappa shape index (κ1) is 15.0. The van der Waals surface area contributed by atoms with Crippen LogP contribution in [0, 0.1) is 0 Å². The van der Waals surface area contributed by atoms with Gasteiger partial charge in [-0.1, -0.05) is 60.7 Å². The Morgan fingerprint density at radius 2 is 1.32 bits per heavy atom. The Kier molecular flexibility index (Phi) is 3.92. The number of carbonyl (C=O) groups is 1. The van der Waals surface area contributed by atoms with Gasteiger partial charge in [0.2, 0.25) is 0 Å². The molecule has 0 saturated heterocycles. The summed E-state index contributed by atoms with van der Waals surface area (Å²) >= 11 is 0. The van der Waals surface area contributed by atoms with Gasteiger partial charge < -0.3 is 0 Å². The van der Waals surface area contributed by atoms with Crippen molar-refractivity contribution in [3.63, 3.8) is 0 Å². The lowest BCUT2D eigenvalue weighted by atomic mass is 10.0. The Bertz CT molecular complexity index is 990. The first-order valence-corrected chi connectivity index (χ1v) is 7.99. The Labute approximate surface area is 145 Å². The van der Waals surface area contributed by atoms with Crippen molar-refractivity contribution in [3.05, 3.63) is 102 Å². The normalized spacial score (nSPS) is 10.6. The highest BCUT2D eigenvalue weighted by molar-refractivity contribution is 6.09. The van der Waals surface area contributed by atoms with Gasteiger partial charge in [0.25, 0.3) is 0 Å². The number of nitrogens with zero attached hydrogens (tertiary/aromatic N) is 3. The first-order chi connectivity index (χ1) is 12.3. The van der Waals surface area contributed by atoms with E-state index in [0.29, 0.717) is 11.1 Å². The minimum atomic E-state index is 0.00514. The lowest BCUT2D eigenvalue weighted by molar-refractivity contribution is 0.103. The zero-order valence-electron chi connectivity index (χ0n) is 13.4. The van der Waals surface area contributed by atoms with Crippen LogP contribution in [0.2, 0.25) is 0 Å². The van der Waals surface area contributed by atoms with Gasteiger partial charge in [-0.15, -0.1) is 5.10 Å². The van der Waals surface area contributed by atoms with E-state index in [1.165, 1.54) is 0 Å². The zero-order valence-corrected chi connectivity index (χ0v) is 13.4. The molecule has 120 valence electrons. The Morgan fingerprint density at radius 3 is 2.00 bits per heavy atom. The van der Waals surface area contributed by atoms with E-state index in [9.17, 15) is 4.79 Å². The molecule has 0 aliphatic carbocycles. The van der Waals surface area contributed by atoms with E-state index >= 15 is 0 Å². The summed E-state index contributed by atoms with van der Waals surface area (Å²) in [7, 11) is 0. The summed E-state index contributed by atoms with van der Waals surface area (Å²) in [6, 6.07) is 26.5. The van der Waals surface area contributed by atoms with E-state index in [-0.39, 0.29) is 5.78 Å². The third-order valence-corrected chi connectivity index (χ3v) is 3.96. The third kappa shape index (κ3) is 3.10. The van der Waals surface area contributed by atoms with Gasteiger partial charge in [-0.05, 0) is 24.3 Å². The molecule has 4 nitrogen and oxygen atoms in total. The number of aromatic nitrogens is 3. The van der Waals surface area contributed by atoms with Crippen molar-refractivity contribution in [2.75, 3.05) is 0 Å². The summed E-state index contributed by atoms with van der Waals surface area (Å²) in [5, 5.41) is 8.82. The van der Waals surface area contributed by atoms with Gasteiger partial charge in [-0.3, -0.25) is 4.79 Å². The number of benzene rings is 3. The molecule has 0 spiro atoms. The molecule has 4 heteroatoms. The fraction of sp³-hybridized carbons (Fsp3) is 0. The highest BCUT2D eigenvalue weighted by Gasteiger charge is 2.09. The molecule has 0 atom stereocenters. The summed E-state index contributed by atoms with van der Waals surface area (Å²) in [5.74, 6) is 0.00514. The SMILES string of the molecule is O=C(c1ccccc1)c1ccc(-n2ncc(-c3ccccc3)n2)cc1. The molecule has 1 aromatic heterocycles. The van der Waals surface area contributed by atoms with Crippen LogP contribution in [0.15, 0.2) is 91.1 Å². The molecular weight excluding hydrogens is 310 g/mol. The van der Waals surface area contributed by atoms with Gasteiger partial charge in [0.05, 0.1) is 11.9 Å². The van der Waals surface area contributed by atoms with Crippen LogP contribution < -0.4 is 0 Å². The van der Waals surface area contributed by atoms with E-state index in [0.717, 1.165) is 16.9 Å². The van der Waals surface area contributed by atoms with Gasteiger partial charge in [-0.25, -0.2) is 0 Å². The van der Waals surface area contributed by atoms with Crippen molar-refractivity contribution in [1.82, 2.24) is 15.0 Å². The molecule has 0 unspecified atom stereocenters. The predicted octanol–water partition coefficient (Wildman–Crippen LogP) is 4.17. The molecule has 0 amide bonds. The highest BCUT2D eigenvalue weighted by atomic mass is 16.1. The lowest BCUT2D eigenvalue weighted by Gasteiger charge is -2.03. The molecule has 0 N–H and O–H groups in total. The smallest absolute Gasteiger partial charge is 0.193 e. The highest BCUT2D eigenvalue weighted by Crippen LogP contribution is 2.17. The molecule has 0 bridgehead atoms. The molecular formula is C21H15N3O. The fourth-order valence-corrected chi connectivity index (χ4v) is 2.63. The number of carbonyl (C=O) groups excluding carboxylic acids is 1. The molecule has 0 saturated carbocycles. The number of ketones is 1. The van der Waals surface area contributed by atoms with Crippen molar-refractivity contribution in [2.24, 2.45) is 0 Å². The van der Waals surface area contributed by atoms with Gasteiger partial charge in [0, 0.05) is 16.7 Å². The van der Waals surface area contributed by atoms with Crippen molar-refractivity contribution in [1.29, 1.82) is 0 Å². The molecule has 0 aliphatic rings. The maximum atomic E-state index is 12.4. The van der Waals surface area contributed by atoms with Crippen molar-refractivity contribution >= 4 is 5.78 Å².